The van der Waals surface area contributed by atoms with Crippen LogP contribution in [0.25, 0.3) is 10.9 Å². The molecule has 15 heavy (non-hydrogen) atoms. The number of nitrogens with zero attached hydrogens (tertiary/aromatic N) is 2. The van der Waals surface area contributed by atoms with E-state index in [4.69, 9.17) is 0 Å². The largest absolute Gasteiger partial charge is 0.241 e. The molecule has 2 aromatic rings. The third-order valence-corrected chi connectivity index (χ3v) is 2.05. The smallest absolute Gasteiger partial charge is 0.125 e. The molecule has 1 heterocycles. The van der Waals surface area contributed by atoms with E-state index >= 15 is 0 Å². The minimum atomic E-state index is 0.795. The monoisotopic (exact) mass is 196 g/mol. The van der Waals surface area contributed by atoms with Crippen LogP contribution >= 0.6 is 0 Å². The van der Waals surface area contributed by atoms with Crippen LogP contribution in [0.5, 0.6) is 0 Å². The second kappa shape index (κ2) is 4.51. The van der Waals surface area contributed by atoms with Crippen molar-refractivity contribution in [3.63, 3.8) is 0 Å². The topological polar surface area (TPSA) is 25.8 Å². The molecule has 0 saturated heterocycles. The van der Waals surface area contributed by atoms with Gasteiger partial charge in [0.2, 0.25) is 0 Å². The first-order valence-electron chi connectivity index (χ1n) is 4.88. The summed E-state index contributed by atoms with van der Waals surface area (Å²) in [6, 6.07) is 15.9. The summed E-state index contributed by atoms with van der Waals surface area (Å²) >= 11 is 0. The Morgan fingerprint density at radius 2 is 1.53 bits per heavy atom. The molecule has 1 aromatic heterocycles. The van der Waals surface area contributed by atoms with Gasteiger partial charge in [0.1, 0.15) is 5.82 Å². The van der Waals surface area contributed by atoms with Crippen molar-refractivity contribution >= 4 is 10.9 Å². The molecule has 1 aromatic carbocycles. The Hall–Kier alpha value is -1.96. The summed E-state index contributed by atoms with van der Waals surface area (Å²) in [6.07, 6.45) is 1.84. The van der Waals surface area contributed by atoms with E-state index < -0.39 is 0 Å². The van der Waals surface area contributed by atoms with Gasteiger partial charge in [-0.3, -0.25) is 0 Å². The highest BCUT2D eigenvalue weighted by Gasteiger charge is 1.90. The van der Waals surface area contributed by atoms with Crippen LogP contribution in [-0.2, 0) is 0 Å². The van der Waals surface area contributed by atoms with Crippen molar-refractivity contribution in [1.29, 1.82) is 0 Å². The quantitative estimate of drug-likeness (QED) is 0.647. The number of aromatic nitrogens is 2. The molecule has 2 rings (SSSR count). The van der Waals surface area contributed by atoms with Crippen LogP contribution in [0.1, 0.15) is 5.82 Å². The summed E-state index contributed by atoms with van der Waals surface area (Å²) in [5.41, 5.74) is 0.957. The highest BCUT2D eigenvalue weighted by atomic mass is 14.9. The van der Waals surface area contributed by atoms with E-state index in [0.29, 0.717) is 0 Å². The molecule has 0 atom stereocenters. The van der Waals surface area contributed by atoms with E-state index in [9.17, 15) is 0 Å². The number of fused-ring (bicyclic) bond motifs is 1. The highest BCUT2D eigenvalue weighted by molar-refractivity contribution is 5.75. The Balaban J connectivity index is 2.77. The summed E-state index contributed by atoms with van der Waals surface area (Å²) in [4.78, 5) is 8.56. The molecule has 0 saturated carbocycles. The number of rotatable bonds is 0. The molecular formula is C13H12N2. The molecule has 0 aliphatic carbocycles. The minimum absolute atomic E-state index is 0.795. The lowest BCUT2D eigenvalue weighted by molar-refractivity contribution is 1.09. The van der Waals surface area contributed by atoms with Crippen molar-refractivity contribution in [2.75, 3.05) is 0 Å². The molecule has 0 aliphatic rings. The SMILES string of the molecule is Cc1ncc2ccccccccc2n1. The summed E-state index contributed by atoms with van der Waals surface area (Å²) in [7, 11) is 0. The Labute approximate surface area is 89.0 Å². The molecule has 0 aliphatic heterocycles. The van der Waals surface area contributed by atoms with Gasteiger partial charge in [0, 0.05) is 11.6 Å². The first-order valence-corrected chi connectivity index (χ1v) is 4.88. The number of aryl methyl sites for hydroxylation is 1. The molecule has 0 N–H and O–H groups in total. The molecule has 2 nitrogen and oxygen atoms in total. The maximum absolute atomic E-state index is 4.38. The molecule has 2 heteroatoms. The normalized spacial score (nSPS) is 9.67. The average molecular weight is 196 g/mol. The second-order valence-corrected chi connectivity index (χ2v) is 3.25. The van der Waals surface area contributed by atoms with Gasteiger partial charge in [-0.1, -0.05) is 42.5 Å². The van der Waals surface area contributed by atoms with Gasteiger partial charge in [-0.2, -0.15) is 0 Å². The van der Waals surface area contributed by atoms with E-state index in [1.54, 1.807) is 0 Å². The third-order valence-electron chi connectivity index (χ3n) is 2.05. The highest BCUT2D eigenvalue weighted by Crippen LogP contribution is 2.06. The van der Waals surface area contributed by atoms with E-state index in [1.165, 1.54) is 0 Å². The Morgan fingerprint density at radius 3 is 2.33 bits per heavy atom. The van der Waals surface area contributed by atoms with Gasteiger partial charge in [0.15, 0.2) is 0 Å². The lowest BCUT2D eigenvalue weighted by Crippen LogP contribution is -1.85. The van der Waals surface area contributed by atoms with Crippen molar-refractivity contribution in [2.24, 2.45) is 0 Å². The fourth-order valence-electron chi connectivity index (χ4n) is 1.32. The van der Waals surface area contributed by atoms with E-state index in [0.717, 1.165) is 16.7 Å². The van der Waals surface area contributed by atoms with Crippen molar-refractivity contribution in [2.45, 2.75) is 6.92 Å². The van der Waals surface area contributed by atoms with Gasteiger partial charge in [-0.15, -0.1) is 0 Å². The number of hydrogen-bond acceptors (Lipinski definition) is 2. The standard InChI is InChI=1S/C13H12N2/c1-11-14-10-12-8-6-4-2-3-5-7-9-13(12)15-11/h2-10H,1H3. The second-order valence-electron chi connectivity index (χ2n) is 3.25. The van der Waals surface area contributed by atoms with Gasteiger partial charge in [-0.25, -0.2) is 9.97 Å². The maximum atomic E-state index is 4.38. The maximum Gasteiger partial charge on any atom is 0.125 e. The molecule has 0 amide bonds. The van der Waals surface area contributed by atoms with Crippen molar-refractivity contribution in [3.8, 4) is 0 Å². The van der Waals surface area contributed by atoms with Gasteiger partial charge < -0.3 is 0 Å². The van der Waals surface area contributed by atoms with Crippen LogP contribution in [0, 0.1) is 6.92 Å². The zero-order chi connectivity index (χ0) is 10.5. The lowest BCUT2D eigenvalue weighted by atomic mass is 10.3. The van der Waals surface area contributed by atoms with E-state index in [-0.39, 0.29) is 0 Å². The van der Waals surface area contributed by atoms with Crippen LogP contribution in [0.4, 0.5) is 0 Å². The molecule has 0 bridgehead atoms. The first-order chi connectivity index (χ1) is 7.36. The summed E-state index contributed by atoms with van der Waals surface area (Å²) in [5.74, 6) is 0.795. The summed E-state index contributed by atoms with van der Waals surface area (Å²) in [6.45, 7) is 1.90. The summed E-state index contributed by atoms with van der Waals surface area (Å²) < 4.78 is 0. The zero-order valence-corrected chi connectivity index (χ0v) is 8.59. The van der Waals surface area contributed by atoms with Gasteiger partial charge in [0.05, 0.1) is 5.52 Å². The average Bonchev–Trinajstić information content (AvgIpc) is 2.25. The van der Waals surface area contributed by atoms with Gasteiger partial charge in [-0.05, 0) is 13.0 Å². The molecular weight excluding hydrogens is 184 g/mol. The lowest BCUT2D eigenvalue weighted by Gasteiger charge is -1.93. The van der Waals surface area contributed by atoms with Crippen molar-refractivity contribution in [3.05, 3.63) is 60.6 Å². The van der Waals surface area contributed by atoms with Gasteiger partial charge in [0.25, 0.3) is 0 Å². The van der Waals surface area contributed by atoms with Crippen molar-refractivity contribution in [1.82, 2.24) is 9.97 Å². The third kappa shape index (κ3) is 2.50. The Morgan fingerprint density at radius 1 is 0.867 bits per heavy atom. The Kier molecular flexibility index (Phi) is 2.88. The Bertz CT molecular complexity index is 519. The van der Waals surface area contributed by atoms with Gasteiger partial charge >= 0.3 is 0 Å². The molecule has 0 unspecified atom stereocenters. The minimum Gasteiger partial charge on any atom is -0.241 e. The molecule has 0 spiro atoms. The van der Waals surface area contributed by atoms with Crippen LogP contribution in [0.15, 0.2) is 54.7 Å². The van der Waals surface area contributed by atoms with Crippen LogP contribution in [-0.4, -0.2) is 9.97 Å². The molecule has 74 valence electrons. The predicted octanol–water partition coefficient (Wildman–Crippen LogP) is 3.06. The fourth-order valence-corrected chi connectivity index (χ4v) is 1.32. The molecule has 0 radical (unpaired) electrons. The predicted molar refractivity (Wildman–Crippen MR) is 61.9 cm³/mol. The van der Waals surface area contributed by atoms with Crippen LogP contribution < -0.4 is 0 Å². The van der Waals surface area contributed by atoms with Crippen LogP contribution in [0.3, 0.4) is 0 Å². The number of hydrogen-bond donors (Lipinski definition) is 0. The zero-order valence-electron chi connectivity index (χ0n) is 8.59. The fraction of sp³-hybridized carbons (Fsp3) is 0.0769. The first kappa shape index (κ1) is 9.59. The van der Waals surface area contributed by atoms with E-state index in [1.807, 2.05) is 61.7 Å². The molecule has 0 fully saturated rings. The van der Waals surface area contributed by atoms with Crippen molar-refractivity contribution < 1.29 is 0 Å². The van der Waals surface area contributed by atoms with Crippen LogP contribution in [0.2, 0.25) is 0 Å². The van der Waals surface area contributed by atoms with E-state index in [2.05, 4.69) is 9.97 Å². The summed E-state index contributed by atoms with van der Waals surface area (Å²) in [5, 5.41) is 1.04.